The highest BCUT2D eigenvalue weighted by molar-refractivity contribution is 5.75. The molecule has 0 saturated carbocycles. The molecule has 22 heavy (non-hydrogen) atoms. The molecule has 0 spiro atoms. The summed E-state index contributed by atoms with van der Waals surface area (Å²) in [7, 11) is 1.63. The Morgan fingerprint density at radius 2 is 2.09 bits per heavy atom. The lowest BCUT2D eigenvalue weighted by Gasteiger charge is -2.03. The minimum atomic E-state index is -0.138. The third kappa shape index (κ3) is 4.63. The average Bonchev–Trinajstić information content (AvgIpc) is 3.00. The van der Waals surface area contributed by atoms with Gasteiger partial charge in [0, 0.05) is 25.8 Å². The largest absolute Gasteiger partial charge is 0.385 e. The van der Waals surface area contributed by atoms with Crippen molar-refractivity contribution in [2.75, 3.05) is 20.3 Å². The Bertz CT molecular complexity index is 594. The molecule has 118 valence electrons. The summed E-state index contributed by atoms with van der Waals surface area (Å²) in [5, 5.41) is 14.9. The van der Waals surface area contributed by atoms with E-state index in [0.29, 0.717) is 19.0 Å². The fourth-order valence-corrected chi connectivity index (χ4v) is 1.94. The smallest absolute Gasteiger partial charge is 0.243 e. The van der Waals surface area contributed by atoms with Crippen LogP contribution < -0.4 is 5.32 Å². The van der Waals surface area contributed by atoms with Crippen molar-refractivity contribution in [3.63, 3.8) is 0 Å². The quantitative estimate of drug-likeness (QED) is 0.737. The lowest BCUT2D eigenvalue weighted by molar-refractivity contribution is -0.122. The lowest BCUT2D eigenvalue weighted by Crippen LogP contribution is -2.29. The van der Waals surface area contributed by atoms with Crippen molar-refractivity contribution in [1.29, 1.82) is 0 Å². The summed E-state index contributed by atoms with van der Waals surface area (Å²) in [6.45, 7) is 3.37. The van der Waals surface area contributed by atoms with Gasteiger partial charge in [-0.15, -0.1) is 10.2 Å². The SMILES string of the molecule is CCc1ccc(-c2nnn(CC(=O)NCCCOC)n2)cc1. The van der Waals surface area contributed by atoms with Crippen LogP contribution in [0.1, 0.15) is 18.9 Å². The van der Waals surface area contributed by atoms with E-state index in [-0.39, 0.29) is 12.5 Å². The highest BCUT2D eigenvalue weighted by Gasteiger charge is 2.09. The van der Waals surface area contributed by atoms with Crippen molar-refractivity contribution >= 4 is 5.91 Å². The third-order valence-electron chi connectivity index (χ3n) is 3.21. The second kappa shape index (κ2) is 8.23. The summed E-state index contributed by atoms with van der Waals surface area (Å²) >= 11 is 0. The second-order valence-corrected chi connectivity index (χ2v) is 4.89. The van der Waals surface area contributed by atoms with Crippen molar-refractivity contribution in [2.45, 2.75) is 26.3 Å². The predicted octanol–water partition coefficient (Wildman–Crippen LogP) is 1.06. The Morgan fingerprint density at radius 3 is 2.77 bits per heavy atom. The van der Waals surface area contributed by atoms with E-state index in [1.807, 2.05) is 24.3 Å². The molecule has 0 saturated heterocycles. The Morgan fingerprint density at radius 1 is 1.32 bits per heavy atom. The maximum atomic E-state index is 11.7. The molecule has 1 amide bonds. The molecule has 1 aromatic carbocycles. The van der Waals surface area contributed by atoms with Crippen LogP contribution in [0.5, 0.6) is 0 Å². The first-order valence-corrected chi connectivity index (χ1v) is 7.35. The number of methoxy groups -OCH3 is 1. The molecule has 0 atom stereocenters. The molecule has 0 aliphatic rings. The van der Waals surface area contributed by atoms with Crippen molar-refractivity contribution < 1.29 is 9.53 Å². The maximum absolute atomic E-state index is 11.7. The zero-order valence-electron chi connectivity index (χ0n) is 13.0. The number of tetrazole rings is 1. The predicted molar refractivity (Wildman–Crippen MR) is 82.1 cm³/mol. The van der Waals surface area contributed by atoms with Gasteiger partial charge < -0.3 is 10.1 Å². The second-order valence-electron chi connectivity index (χ2n) is 4.89. The van der Waals surface area contributed by atoms with E-state index in [0.717, 1.165) is 18.4 Å². The molecular formula is C15H21N5O2. The van der Waals surface area contributed by atoms with Gasteiger partial charge in [-0.25, -0.2) is 0 Å². The monoisotopic (exact) mass is 303 g/mol. The maximum Gasteiger partial charge on any atom is 0.243 e. The number of aryl methyl sites for hydroxylation is 1. The van der Waals surface area contributed by atoms with Crippen LogP contribution in [0.3, 0.4) is 0 Å². The van der Waals surface area contributed by atoms with Crippen LogP contribution in [0.4, 0.5) is 0 Å². The molecule has 0 radical (unpaired) electrons. The normalized spacial score (nSPS) is 10.6. The third-order valence-corrected chi connectivity index (χ3v) is 3.21. The van der Waals surface area contributed by atoms with Crippen LogP contribution in [0.15, 0.2) is 24.3 Å². The van der Waals surface area contributed by atoms with Gasteiger partial charge in [0.25, 0.3) is 0 Å². The number of benzene rings is 1. The number of hydrogen-bond donors (Lipinski definition) is 1. The number of ether oxygens (including phenoxy) is 1. The molecule has 0 unspecified atom stereocenters. The number of carbonyl (C=O) groups excluding carboxylic acids is 1. The highest BCUT2D eigenvalue weighted by Crippen LogP contribution is 2.14. The van der Waals surface area contributed by atoms with E-state index < -0.39 is 0 Å². The van der Waals surface area contributed by atoms with E-state index in [2.05, 4.69) is 27.7 Å². The number of hydrogen-bond acceptors (Lipinski definition) is 5. The first-order valence-electron chi connectivity index (χ1n) is 7.35. The van der Waals surface area contributed by atoms with Crippen molar-refractivity contribution in [1.82, 2.24) is 25.5 Å². The Kier molecular flexibility index (Phi) is 6.02. The summed E-state index contributed by atoms with van der Waals surface area (Å²) in [6, 6.07) is 8.01. The first kappa shape index (κ1) is 16.1. The van der Waals surface area contributed by atoms with E-state index in [9.17, 15) is 4.79 Å². The summed E-state index contributed by atoms with van der Waals surface area (Å²) in [5.41, 5.74) is 2.15. The topological polar surface area (TPSA) is 81.9 Å². The Balaban J connectivity index is 1.89. The fraction of sp³-hybridized carbons (Fsp3) is 0.467. The van der Waals surface area contributed by atoms with Gasteiger partial charge in [-0.1, -0.05) is 31.2 Å². The molecule has 0 aliphatic heterocycles. The number of amides is 1. The first-order chi connectivity index (χ1) is 10.7. The van der Waals surface area contributed by atoms with Crippen LogP contribution >= 0.6 is 0 Å². The van der Waals surface area contributed by atoms with Gasteiger partial charge in [-0.3, -0.25) is 4.79 Å². The lowest BCUT2D eigenvalue weighted by atomic mass is 10.1. The van der Waals surface area contributed by atoms with E-state index in [4.69, 9.17) is 4.74 Å². The molecule has 0 bridgehead atoms. The molecule has 1 aromatic heterocycles. The van der Waals surface area contributed by atoms with Crippen LogP contribution in [0.2, 0.25) is 0 Å². The van der Waals surface area contributed by atoms with Gasteiger partial charge in [0.15, 0.2) is 0 Å². The number of nitrogens with zero attached hydrogens (tertiary/aromatic N) is 4. The molecule has 2 aromatic rings. The molecule has 0 aliphatic carbocycles. The molecule has 7 heteroatoms. The molecule has 7 nitrogen and oxygen atoms in total. The Hall–Kier alpha value is -2.28. The van der Waals surface area contributed by atoms with Crippen LogP contribution in [-0.4, -0.2) is 46.4 Å². The Labute approximate surface area is 129 Å². The number of aromatic nitrogens is 4. The van der Waals surface area contributed by atoms with Gasteiger partial charge in [-0.05, 0) is 23.6 Å². The zero-order valence-corrected chi connectivity index (χ0v) is 13.0. The van der Waals surface area contributed by atoms with Gasteiger partial charge in [0.2, 0.25) is 11.7 Å². The van der Waals surface area contributed by atoms with Crippen molar-refractivity contribution in [3.05, 3.63) is 29.8 Å². The van der Waals surface area contributed by atoms with Gasteiger partial charge in [0.05, 0.1) is 0 Å². The molecule has 1 heterocycles. The number of nitrogens with one attached hydrogen (secondary N) is 1. The molecule has 2 rings (SSSR count). The van der Waals surface area contributed by atoms with Crippen LogP contribution in [-0.2, 0) is 22.5 Å². The summed E-state index contributed by atoms with van der Waals surface area (Å²) in [4.78, 5) is 13.0. The summed E-state index contributed by atoms with van der Waals surface area (Å²) in [6.07, 6.45) is 1.77. The average molecular weight is 303 g/mol. The fourth-order valence-electron chi connectivity index (χ4n) is 1.94. The molecule has 0 fully saturated rings. The molecular weight excluding hydrogens is 282 g/mol. The van der Waals surface area contributed by atoms with Gasteiger partial charge in [0.1, 0.15) is 6.54 Å². The summed E-state index contributed by atoms with van der Waals surface area (Å²) < 4.78 is 4.92. The minimum Gasteiger partial charge on any atom is -0.385 e. The number of rotatable bonds is 8. The standard InChI is InChI=1S/C15H21N5O2/c1-3-12-5-7-13(8-6-12)15-17-19-20(18-15)11-14(21)16-9-4-10-22-2/h5-8H,3-4,9-11H2,1-2H3,(H,16,21). The van der Waals surface area contributed by atoms with E-state index in [1.165, 1.54) is 10.4 Å². The van der Waals surface area contributed by atoms with Crippen molar-refractivity contribution in [2.24, 2.45) is 0 Å². The van der Waals surface area contributed by atoms with Crippen LogP contribution in [0.25, 0.3) is 11.4 Å². The van der Waals surface area contributed by atoms with Gasteiger partial charge in [-0.2, -0.15) is 4.80 Å². The van der Waals surface area contributed by atoms with E-state index in [1.54, 1.807) is 7.11 Å². The van der Waals surface area contributed by atoms with E-state index >= 15 is 0 Å². The van der Waals surface area contributed by atoms with Crippen molar-refractivity contribution in [3.8, 4) is 11.4 Å². The highest BCUT2D eigenvalue weighted by atomic mass is 16.5. The summed E-state index contributed by atoms with van der Waals surface area (Å²) in [5.74, 6) is 0.385. The minimum absolute atomic E-state index is 0.0625. The number of carbonyl (C=O) groups is 1. The molecule has 1 N–H and O–H groups in total. The van der Waals surface area contributed by atoms with Crippen LogP contribution in [0, 0.1) is 0 Å². The zero-order chi connectivity index (χ0) is 15.8. The van der Waals surface area contributed by atoms with Gasteiger partial charge >= 0.3 is 0 Å².